The molecule has 0 spiro atoms. The second kappa shape index (κ2) is 7.71. The average molecular weight is 391 g/mol. The van der Waals surface area contributed by atoms with Gasteiger partial charge >= 0.3 is 12.3 Å². The molecule has 0 saturated carbocycles. The predicted octanol–water partition coefficient (Wildman–Crippen LogP) is 4.62. The van der Waals surface area contributed by atoms with Gasteiger partial charge in [-0.25, -0.2) is 4.79 Å². The van der Waals surface area contributed by atoms with Crippen LogP contribution in [0.4, 0.5) is 18.0 Å². The van der Waals surface area contributed by atoms with E-state index in [-0.39, 0.29) is 12.3 Å². The van der Waals surface area contributed by atoms with E-state index in [9.17, 15) is 18.0 Å². The van der Waals surface area contributed by atoms with Gasteiger partial charge in [-0.3, -0.25) is 0 Å². The van der Waals surface area contributed by atoms with Gasteiger partial charge in [-0.2, -0.15) is 18.2 Å². The molecule has 9 heteroatoms. The summed E-state index contributed by atoms with van der Waals surface area (Å²) in [7, 11) is 0. The highest BCUT2D eigenvalue weighted by molar-refractivity contribution is 5.67. The Kier molecular flexibility index (Phi) is 5.34. The summed E-state index contributed by atoms with van der Waals surface area (Å²) in [4.78, 5) is 15.3. The monoisotopic (exact) mass is 391 g/mol. The lowest BCUT2D eigenvalue weighted by molar-refractivity contribution is -0.137. The number of halogens is 3. The molecule has 6 nitrogen and oxygen atoms in total. The molecule has 0 bridgehead atoms. The molecule has 2 aromatic carbocycles. The first-order chi connectivity index (χ1) is 13.2. The molecular weight excluding hydrogens is 375 g/mol. The van der Waals surface area contributed by atoms with Crippen molar-refractivity contribution in [3.05, 3.63) is 71.4 Å². The first-order valence-corrected chi connectivity index (χ1v) is 8.28. The van der Waals surface area contributed by atoms with E-state index in [1.54, 1.807) is 31.2 Å². The molecule has 0 saturated heterocycles. The van der Waals surface area contributed by atoms with Crippen LogP contribution in [-0.4, -0.2) is 21.3 Å². The van der Waals surface area contributed by atoms with Crippen molar-refractivity contribution in [3.63, 3.8) is 0 Å². The topological polar surface area (TPSA) is 88.2 Å². The summed E-state index contributed by atoms with van der Waals surface area (Å²) in [6.45, 7) is 1.65. The maximum Gasteiger partial charge on any atom is 0.416 e. The number of carboxylic acid groups (broad SMARTS) is 1. The third-order valence-corrected chi connectivity index (χ3v) is 4.08. The molecule has 1 unspecified atom stereocenters. The molecule has 1 amide bonds. The largest absolute Gasteiger partial charge is 0.465 e. The van der Waals surface area contributed by atoms with Crippen molar-refractivity contribution >= 4 is 6.09 Å². The molecule has 0 aliphatic carbocycles. The van der Waals surface area contributed by atoms with Gasteiger partial charge in [0.05, 0.1) is 18.0 Å². The van der Waals surface area contributed by atoms with Crippen LogP contribution in [0, 0.1) is 6.92 Å². The predicted molar refractivity (Wildman–Crippen MR) is 93.5 cm³/mol. The summed E-state index contributed by atoms with van der Waals surface area (Å²) in [5, 5.41) is 15.2. The van der Waals surface area contributed by atoms with Crippen LogP contribution in [-0.2, 0) is 12.6 Å². The smallest absolute Gasteiger partial charge is 0.416 e. The summed E-state index contributed by atoms with van der Waals surface area (Å²) in [6.07, 6.45) is -5.48. The minimum atomic E-state index is -4.40. The summed E-state index contributed by atoms with van der Waals surface area (Å²) >= 11 is 0. The molecule has 3 rings (SSSR count). The Hall–Kier alpha value is -3.36. The number of nitrogens with one attached hydrogen (secondary N) is 1. The summed E-state index contributed by atoms with van der Waals surface area (Å²) in [6, 6.07) is 11.0. The lowest BCUT2D eigenvalue weighted by atomic mass is 9.97. The number of amides is 1. The Labute approximate surface area is 158 Å². The summed E-state index contributed by atoms with van der Waals surface area (Å²) in [5.41, 5.74) is 1.13. The number of rotatable bonds is 5. The number of alkyl halides is 3. The number of aromatic nitrogens is 2. The first kappa shape index (κ1) is 19.4. The van der Waals surface area contributed by atoms with Crippen molar-refractivity contribution in [3.8, 4) is 11.1 Å². The lowest BCUT2D eigenvalue weighted by Crippen LogP contribution is -2.28. The zero-order valence-corrected chi connectivity index (χ0v) is 14.7. The molecule has 0 fully saturated rings. The number of benzene rings is 2. The fourth-order valence-corrected chi connectivity index (χ4v) is 2.79. The number of carbonyl (C=O) groups is 1. The van der Waals surface area contributed by atoms with Crippen molar-refractivity contribution < 1.29 is 27.6 Å². The van der Waals surface area contributed by atoms with Crippen LogP contribution in [0.2, 0.25) is 0 Å². The molecule has 28 heavy (non-hydrogen) atoms. The van der Waals surface area contributed by atoms with Gasteiger partial charge in [-0.1, -0.05) is 35.5 Å². The van der Waals surface area contributed by atoms with E-state index >= 15 is 0 Å². The zero-order valence-electron chi connectivity index (χ0n) is 14.7. The van der Waals surface area contributed by atoms with Crippen molar-refractivity contribution in [2.24, 2.45) is 0 Å². The standard InChI is InChI=1S/C19H16F3N3O3/c1-11-23-17(28-25-11)10-16(24-18(26)27)14-4-2-3-13(9-14)12-5-7-15(8-6-12)19(20,21)22/h2-9,16,24H,10H2,1H3,(H,26,27). The van der Waals surface area contributed by atoms with Gasteiger partial charge in [0.2, 0.25) is 5.89 Å². The third-order valence-electron chi connectivity index (χ3n) is 4.08. The van der Waals surface area contributed by atoms with Crippen LogP contribution < -0.4 is 5.32 Å². The van der Waals surface area contributed by atoms with Gasteiger partial charge in [0, 0.05) is 0 Å². The highest BCUT2D eigenvalue weighted by Crippen LogP contribution is 2.31. The lowest BCUT2D eigenvalue weighted by Gasteiger charge is -2.17. The molecule has 1 atom stereocenters. The molecular formula is C19H16F3N3O3. The quantitative estimate of drug-likeness (QED) is 0.663. The van der Waals surface area contributed by atoms with E-state index in [4.69, 9.17) is 9.63 Å². The van der Waals surface area contributed by atoms with E-state index in [1.807, 2.05) is 0 Å². The molecule has 146 valence electrons. The summed E-state index contributed by atoms with van der Waals surface area (Å²) in [5.74, 6) is 0.707. The van der Waals surface area contributed by atoms with Crippen LogP contribution >= 0.6 is 0 Å². The summed E-state index contributed by atoms with van der Waals surface area (Å²) < 4.78 is 43.3. The second-order valence-corrected chi connectivity index (χ2v) is 6.14. The Bertz CT molecular complexity index is 968. The van der Waals surface area contributed by atoms with Crippen LogP contribution in [0.1, 0.15) is 28.9 Å². The van der Waals surface area contributed by atoms with Gasteiger partial charge in [-0.05, 0) is 41.8 Å². The van der Waals surface area contributed by atoms with Crippen LogP contribution in [0.5, 0.6) is 0 Å². The SMILES string of the molecule is Cc1noc(CC(NC(=O)O)c2cccc(-c3ccc(C(F)(F)F)cc3)c2)n1. The number of hydrogen-bond acceptors (Lipinski definition) is 4. The maximum absolute atomic E-state index is 12.7. The average Bonchev–Trinajstić information content (AvgIpc) is 3.05. The van der Waals surface area contributed by atoms with Crippen molar-refractivity contribution in [2.45, 2.75) is 25.6 Å². The van der Waals surface area contributed by atoms with E-state index in [2.05, 4.69) is 15.5 Å². The molecule has 1 heterocycles. The fraction of sp³-hybridized carbons (Fsp3) is 0.211. The van der Waals surface area contributed by atoms with Gasteiger partial charge < -0.3 is 14.9 Å². The van der Waals surface area contributed by atoms with E-state index in [1.165, 1.54) is 12.1 Å². The minimum Gasteiger partial charge on any atom is -0.465 e. The Morgan fingerprint density at radius 2 is 1.89 bits per heavy atom. The van der Waals surface area contributed by atoms with Crippen molar-refractivity contribution in [1.82, 2.24) is 15.5 Å². The molecule has 2 N–H and O–H groups in total. The molecule has 3 aromatic rings. The van der Waals surface area contributed by atoms with Crippen LogP contribution in [0.3, 0.4) is 0 Å². The molecule has 1 aromatic heterocycles. The van der Waals surface area contributed by atoms with E-state index in [0.29, 0.717) is 22.5 Å². The molecule has 0 radical (unpaired) electrons. The van der Waals surface area contributed by atoms with Crippen LogP contribution in [0.15, 0.2) is 53.1 Å². The van der Waals surface area contributed by atoms with E-state index < -0.39 is 23.9 Å². The first-order valence-electron chi connectivity index (χ1n) is 8.28. The number of hydrogen-bond donors (Lipinski definition) is 2. The Morgan fingerprint density at radius 1 is 1.18 bits per heavy atom. The Balaban J connectivity index is 1.89. The number of aryl methyl sites for hydroxylation is 1. The van der Waals surface area contributed by atoms with Gasteiger partial charge in [-0.15, -0.1) is 0 Å². The highest BCUT2D eigenvalue weighted by atomic mass is 19.4. The maximum atomic E-state index is 12.7. The van der Waals surface area contributed by atoms with Gasteiger partial charge in [0.1, 0.15) is 0 Å². The highest BCUT2D eigenvalue weighted by Gasteiger charge is 2.30. The molecule has 0 aliphatic rings. The zero-order chi connectivity index (χ0) is 20.3. The van der Waals surface area contributed by atoms with Gasteiger partial charge in [0.25, 0.3) is 0 Å². The number of nitrogens with zero attached hydrogens (tertiary/aromatic N) is 2. The second-order valence-electron chi connectivity index (χ2n) is 6.14. The normalized spacial score (nSPS) is 12.6. The van der Waals surface area contributed by atoms with Crippen LogP contribution in [0.25, 0.3) is 11.1 Å². The minimum absolute atomic E-state index is 0.142. The Morgan fingerprint density at radius 3 is 2.46 bits per heavy atom. The van der Waals surface area contributed by atoms with Gasteiger partial charge in [0.15, 0.2) is 5.82 Å². The van der Waals surface area contributed by atoms with Crippen molar-refractivity contribution in [1.29, 1.82) is 0 Å². The fourth-order valence-electron chi connectivity index (χ4n) is 2.79. The van der Waals surface area contributed by atoms with Crippen molar-refractivity contribution in [2.75, 3.05) is 0 Å². The third kappa shape index (κ3) is 4.67. The molecule has 0 aliphatic heterocycles. The van der Waals surface area contributed by atoms with E-state index in [0.717, 1.165) is 12.1 Å².